The number of aliphatic hydroxyl groups excluding tert-OH is 1. The maximum atomic E-state index is 8.67. The number of nitrogens with one attached hydrogen (secondary N) is 1. The summed E-state index contributed by atoms with van der Waals surface area (Å²) in [6, 6.07) is 6.41. The van der Waals surface area contributed by atoms with Crippen molar-refractivity contribution in [1.29, 1.82) is 0 Å². The van der Waals surface area contributed by atoms with Crippen LogP contribution in [0.25, 0.3) is 0 Å². The topological polar surface area (TPSA) is 41.5 Å². The molecule has 1 rings (SSSR count). The molecule has 0 unspecified atom stereocenters. The number of aliphatic hydroxyl groups is 1. The van der Waals surface area contributed by atoms with Crippen molar-refractivity contribution in [1.82, 2.24) is 5.32 Å². The van der Waals surface area contributed by atoms with Gasteiger partial charge in [0.05, 0.1) is 13.7 Å². The quantitative estimate of drug-likeness (QED) is 0.712. The fourth-order valence-electron chi connectivity index (χ4n) is 1.75. The molecular formula is C14H23NO2. The van der Waals surface area contributed by atoms with Crippen molar-refractivity contribution < 1.29 is 9.84 Å². The van der Waals surface area contributed by atoms with Crippen molar-refractivity contribution in [3.05, 3.63) is 29.3 Å². The SMILES string of the molecule is COc1cc(C(C)C)ccc1CCNCCO. The summed E-state index contributed by atoms with van der Waals surface area (Å²) in [6.45, 7) is 6.04. The summed E-state index contributed by atoms with van der Waals surface area (Å²) in [7, 11) is 1.71. The summed E-state index contributed by atoms with van der Waals surface area (Å²) in [6.07, 6.45) is 0.918. The molecule has 96 valence electrons. The Morgan fingerprint density at radius 1 is 1.29 bits per heavy atom. The fraction of sp³-hybridized carbons (Fsp3) is 0.571. The molecule has 0 aromatic heterocycles. The van der Waals surface area contributed by atoms with E-state index in [1.165, 1.54) is 11.1 Å². The van der Waals surface area contributed by atoms with E-state index in [1.807, 2.05) is 0 Å². The van der Waals surface area contributed by atoms with E-state index in [0.29, 0.717) is 12.5 Å². The lowest BCUT2D eigenvalue weighted by Gasteiger charge is -2.12. The normalized spacial score (nSPS) is 10.9. The summed E-state index contributed by atoms with van der Waals surface area (Å²) in [5.74, 6) is 1.48. The van der Waals surface area contributed by atoms with Crippen LogP contribution in [0.15, 0.2) is 18.2 Å². The third-order valence-corrected chi connectivity index (χ3v) is 2.84. The van der Waals surface area contributed by atoms with E-state index in [4.69, 9.17) is 9.84 Å². The minimum absolute atomic E-state index is 0.184. The Kier molecular flexibility index (Phi) is 6.01. The molecule has 0 aliphatic rings. The van der Waals surface area contributed by atoms with Crippen LogP contribution >= 0.6 is 0 Å². The highest BCUT2D eigenvalue weighted by atomic mass is 16.5. The highest BCUT2D eigenvalue weighted by Gasteiger charge is 2.06. The maximum absolute atomic E-state index is 8.67. The first kappa shape index (κ1) is 14.0. The smallest absolute Gasteiger partial charge is 0.122 e. The molecule has 0 heterocycles. The predicted molar refractivity (Wildman–Crippen MR) is 70.7 cm³/mol. The van der Waals surface area contributed by atoms with Gasteiger partial charge in [0.1, 0.15) is 5.75 Å². The zero-order chi connectivity index (χ0) is 12.7. The van der Waals surface area contributed by atoms with Crippen LogP contribution in [-0.4, -0.2) is 31.9 Å². The first-order valence-corrected chi connectivity index (χ1v) is 6.17. The van der Waals surface area contributed by atoms with Gasteiger partial charge < -0.3 is 15.2 Å². The minimum atomic E-state index is 0.184. The molecule has 2 N–H and O–H groups in total. The molecule has 0 saturated heterocycles. The van der Waals surface area contributed by atoms with E-state index in [9.17, 15) is 0 Å². The van der Waals surface area contributed by atoms with E-state index in [-0.39, 0.29) is 6.61 Å². The van der Waals surface area contributed by atoms with Crippen molar-refractivity contribution in [3.63, 3.8) is 0 Å². The molecule has 0 radical (unpaired) electrons. The number of methoxy groups -OCH3 is 1. The molecule has 3 heteroatoms. The molecule has 1 aromatic carbocycles. The van der Waals surface area contributed by atoms with Gasteiger partial charge in [0.25, 0.3) is 0 Å². The number of benzene rings is 1. The average Bonchev–Trinajstić information content (AvgIpc) is 2.34. The number of rotatable bonds is 7. The van der Waals surface area contributed by atoms with Crippen LogP contribution in [0.4, 0.5) is 0 Å². The lowest BCUT2D eigenvalue weighted by Crippen LogP contribution is -2.21. The Labute approximate surface area is 104 Å². The molecule has 3 nitrogen and oxygen atoms in total. The van der Waals surface area contributed by atoms with E-state index in [0.717, 1.165) is 18.7 Å². The molecule has 0 fully saturated rings. The summed E-state index contributed by atoms with van der Waals surface area (Å²) in [5.41, 5.74) is 2.51. The third kappa shape index (κ3) is 4.36. The largest absolute Gasteiger partial charge is 0.496 e. The average molecular weight is 237 g/mol. The van der Waals surface area contributed by atoms with Crippen LogP contribution in [0.1, 0.15) is 30.9 Å². The van der Waals surface area contributed by atoms with E-state index >= 15 is 0 Å². The van der Waals surface area contributed by atoms with Crippen molar-refractivity contribution in [2.75, 3.05) is 26.8 Å². The lowest BCUT2D eigenvalue weighted by atomic mass is 10.00. The summed E-state index contributed by atoms with van der Waals surface area (Å²) in [5, 5.41) is 11.8. The lowest BCUT2D eigenvalue weighted by molar-refractivity contribution is 0.292. The van der Waals surface area contributed by atoms with Crippen molar-refractivity contribution in [2.45, 2.75) is 26.2 Å². The molecule has 0 saturated carbocycles. The summed E-state index contributed by atoms with van der Waals surface area (Å²) >= 11 is 0. The third-order valence-electron chi connectivity index (χ3n) is 2.84. The second-order valence-corrected chi connectivity index (χ2v) is 4.45. The number of hydrogen-bond acceptors (Lipinski definition) is 3. The van der Waals surface area contributed by atoms with Gasteiger partial charge in [-0.2, -0.15) is 0 Å². The highest BCUT2D eigenvalue weighted by molar-refractivity contribution is 5.38. The standard InChI is InChI=1S/C14H23NO2/c1-11(2)13-5-4-12(14(10-13)17-3)6-7-15-8-9-16/h4-5,10-11,15-16H,6-9H2,1-3H3. The van der Waals surface area contributed by atoms with Gasteiger partial charge in [0.2, 0.25) is 0 Å². The van der Waals surface area contributed by atoms with Gasteiger partial charge in [0.15, 0.2) is 0 Å². The molecule has 0 spiro atoms. The van der Waals surface area contributed by atoms with Gasteiger partial charge in [0, 0.05) is 6.54 Å². The molecule has 1 aromatic rings. The predicted octanol–water partition coefficient (Wildman–Crippen LogP) is 1.94. The van der Waals surface area contributed by atoms with Crippen LogP contribution in [0.2, 0.25) is 0 Å². The van der Waals surface area contributed by atoms with Crippen LogP contribution in [-0.2, 0) is 6.42 Å². The van der Waals surface area contributed by atoms with Crippen molar-refractivity contribution >= 4 is 0 Å². The molecule has 0 amide bonds. The maximum Gasteiger partial charge on any atom is 0.122 e. The summed E-state index contributed by atoms with van der Waals surface area (Å²) in [4.78, 5) is 0. The first-order valence-electron chi connectivity index (χ1n) is 6.17. The van der Waals surface area contributed by atoms with Gasteiger partial charge >= 0.3 is 0 Å². The van der Waals surface area contributed by atoms with Crippen LogP contribution in [0.5, 0.6) is 5.75 Å². The Morgan fingerprint density at radius 3 is 2.65 bits per heavy atom. The number of ether oxygens (including phenoxy) is 1. The van der Waals surface area contributed by atoms with Gasteiger partial charge in [-0.3, -0.25) is 0 Å². The summed E-state index contributed by atoms with van der Waals surface area (Å²) < 4.78 is 5.42. The molecule has 17 heavy (non-hydrogen) atoms. The molecule has 0 atom stereocenters. The molecule has 0 aliphatic heterocycles. The zero-order valence-electron chi connectivity index (χ0n) is 11.0. The fourth-order valence-corrected chi connectivity index (χ4v) is 1.75. The molecule has 0 bridgehead atoms. The van der Waals surface area contributed by atoms with Gasteiger partial charge in [-0.05, 0) is 36.1 Å². The van der Waals surface area contributed by atoms with Crippen molar-refractivity contribution in [2.24, 2.45) is 0 Å². The zero-order valence-corrected chi connectivity index (χ0v) is 11.0. The molecule has 0 aliphatic carbocycles. The monoisotopic (exact) mass is 237 g/mol. The minimum Gasteiger partial charge on any atom is -0.496 e. The first-order chi connectivity index (χ1) is 8.19. The van der Waals surface area contributed by atoms with Gasteiger partial charge in [-0.15, -0.1) is 0 Å². The van der Waals surface area contributed by atoms with E-state index < -0.39 is 0 Å². The van der Waals surface area contributed by atoms with Crippen molar-refractivity contribution in [3.8, 4) is 5.75 Å². The van der Waals surface area contributed by atoms with Crippen LogP contribution in [0, 0.1) is 0 Å². The second kappa shape index (κ2) is 7.30. The highest BCUT2D eigenvalue weighted by Crippen LogP contribution is 2.24. The Balaban J connectivity index is 2.65. The van der Waals surface area contributed by atoms with Gasteiger partial charge in [-0.1, -0.05) is 26.0 Å². The Hall–Kier alpha value is -1.06. The van der Waals surface area contributed by atoms with E-state index in [2.05, 4.69) is 37.4 Å². The van der Waals surface area contributed by atoms with Gasteiger partial charge in [-0.25, -0.2) is 0 Å². The molecular weight excluding hydrogens is 214 g/mol. The van der Waals surface area contributed by atoms with E-state index in [1.54, 1.807) is 7.11 Å². The van der Waals surface area contributed by atoms with Crippen LogP contribution < -0.4 is 10.1 Å². The Morgan fingerprint density at radius 2 is 2.06 bits per heavy atom. The Bertz CT molecular complexity index is 337. The number of hydrogen-bond donors (Lipinski definition) is 2. The van der Waals surface area contributed by atoms with Crippen LogP contribution in [0.3, 0.4) is 0 Å². The second-order valence-electron chi connectivity index (χ2n) is 4.45.